The second-order valence-electron chi connectivity index (χ2n) is 4.90. The number of H-pyrrole nitrogens is 1. The van der Waals surface area contributed by atoms with Crippen LogP contribution in [0.15, 0.2) is 21.9 Å². The van der Waals surface area contributed by atoms with E-state index in [0.29, 0.717) is 6.07 Å². The lowest BCUT2D eigenvalue weighted by Crippen LogP contribution is -2.36. The lowest BCUT2D eigenvalue weighted by atomic mass is 10.1. The van der Waals surface area contributed by atoms with Crippen LogP contribution in [0.4, 0.5) is 4.39 Å². The van der Waals surface area contributed by atoms with Crippen LogP contribution in [-0.2, 0) is 4.74 Å². The molecule has 9 nitrogen and oxygen atoms in total. The van der Waals surface area contributed by atoms with Gasteiger partial charge in [0.25, 0.3) is 5.56 Å². The van der Waals surface area contributed by atoms with E-state index in [9.17, 15) is 24.2 Å². The van der Waals surface area contributed by atoms with E-state index in [2.05, 4.69) is 9.97 Å². The van der Waals surface area contributed by atoms with Gasteiger partial charge < -0.3 is 25.0 Å². The summed E-state index contributed by atoms with van der Waals surface area (Å²) in [6.07, 6.45) is -4.29. The van der Waals surface area contributed by atoms with Crippen molar-refractivity contribution in [2.75, 3.05) is 6.61 Å². The minimum absolute atomic E-state index is 0.156. The van der Waals surface area contributed by atoms with Crippen LogP contribution < -0.4 is 11.2 Å². The molecule has 118 valence electrons. The van der Waals surface area contributed by atoms with Crippen LogP contribution in [0.1, 0.15) is 6.23 Å². The first-order valence-electron chi connectivity index (χ1n) is 6.36. The number of halogens is 1. The van der Waals surface area contributed by atoms with Crippen molar-refractivity contribution >= 4 is 11.0 Å². The van der Waals surface area contributed by atoms with Gasteiger partial charge in [-0.25, -0.2) is 9.18 Å². The molecule has 0 saturated carbocycles. The van der Waals surface area contributed by atoms with Crippen LogP contribution in [0.3, 0.4) is 0 Å². The summed E-state index contributed by atoms with van der Waals surface area (Å²) in [4.78, 5) is 28.9. The number of nitrogens with zero attached hydrogens (tertiary/aromatic N) is 2. The molecule has 3 heterocycles. The predicted octanol–water partition coefficient (Wildman–Crippen LogP) is -2.16. The molecule has 1 fully saturated rings. The standard InChI is InChI=1S/C12H12FN3O6/c13-5-1-7(18)14-10-4(5)2-16(12(21)15-10)11-9(20)8(19)6(3-17)22-11/h1-2,6,8-9,11,17,19-20H,3H2,(H,14,15,18,21)/t6-,8?,9?,11-/m1/s1. The van der Waals surface area contributed by atoms with Gasteiger partial charge in [0.1, 0.15) is 29.8 Å². The Morgan fingerprint density at radius 1 is 1.36 bits per heavy atom. The molecular weight excluding hydrogens is 301 g/mol. The molecule has 2 aromatic rings. The highest BCUT2D eigenvalue weighted by molar-refractivity contribution is 5.73. The fourth-order valence-corrected chi connectivity index (χ4v) is 2.38. The molecule has 2 unspecified atom stereocenters. The van der Waals surface area contributed by atoms with Crippen LogP contribution in [0.25, 0.3) is 11.0 Å². The maximum Gasteiger partial charge on any atom is 0.351 e. The molecule has 4 atom stereocenters. The molecule has 2 aromatic heterocycles. The molecule has 0 spiro atoms. The molecule has 0 amide bonds. The van der Waals surface area contributed by atoms with Gasteiger partial charge in [-0.2, -0.15) is 4.98 Å². The van der Waals surface area contributed by atoms with Crippen molar-refractivity contribution in [1.29, 1.82) is 0 Å². The summed E-state index contributed by atoms with van der Waals surface area (Å²) < 4.78 is 19.8. The average molecular weight is 313 g/mol. The quantitative estimate of drug-likeness (QED) is 0.495. The van der Waals surface area contributed by atoms with Crippen molar-refractivity contribution in [3.8, 4) is 0 Å². The molecule has 1 aliphatic heterocycles. The van der Waals surface area contributed by atoms with Crippen molar-refractivity contribution in [3.63, 3.8) is 0 Å². The van der Waals surface area contributed by atoms with Crippen molar-refractivity contribution in [1.82, 2.24) is 14.5 Å². The van der Waals surface area contributed by atoms with E-state index in [-0.39, 0.29) is 11.0 Å². The van der Waals surface area contributed by atoms with E-state index in [1.54, 1.807) is 0 Å². The number of fused-ring (bicyclic) bond motifs is 1. The van der Waals surface area contributed by atoms with Crippen LogP contribution in [0.2, 0.25) is 0 Å². The molecule has 1 aliphatic rings. The van der Waals surface area contributed by atoms with Crippen molar-refractivity contribution in [2.24, 2.45) is 0 Å². The first-order valence-corrected chi connectivity index (χ1v) is 6.36. The Bertz CT molecular complexity index is 834. The van der Waals surface area contributed by atoms with Gasteiger partial charge in [0.15, 0.2) is 6.23 Å². The summed E-state index contributed by atoms with van der Waals surface area (Å²) in [6, 6.07) is 0.691. The zero-order valence-corrected chi connectivity index (χ0v) is 11.0. The highest BCUT2D eigenvalue weighted by Crippen LogP contribution is 2.28. The van der Waals surface area contributed by atoms with Crippen molar-refractivity contribution in [3.05, 3.63) is 38.9 Å². The van der Waals surface area contributed by atoms with Gasteiger partial charge in [-0.3, -0.25) is 9.36 Å². The Hall–Kier alpha value is -2.14. The zero-order chi connectivity index (χ0) is 16.0. The third-order valence-corrected chi connectivity index (χ3v) is 3.50. The molecule has 22 heavy (non-hydrogen) atoms. The summed E-state index contributed by atoms with van der Waals surface area (Å²) in [6.45, 7) is -0.563. The number of ether oxygens (including phenoxy) is 1. The normalized spacial score (nSPS) is 28.4. The number of nitrogens with one attached hydrogen (secondary N) is 1. The zero-order valence-electron chi connectivity index (χ0n) is 11.0. The molecule has 4 N–H and O–H groups in total. The van der Waals surface area contributed by atoms with Gasteiger partial charge in [0.2, 0.25) is 0 Å². The number of aliphatic hydroxyl groups is 3. The van der Waals surface area contributed by atoms with Gasteiger partial charge in [0, 0.05) is 12.3 Å². The fraction of sp³-hybridized carbons (Fsp3) is 0.417. The summed E-state index contributed by atoms with van der Waals surface area (Å²) in [5, 5.41) is 28.5. The van der Waals surface area contributed by atoms with E-state index in [0.717, 1.165) is 10.8 Å². The summed E-state index contributed by atoms with van der Waals surface area (Å²) in [5.41, 5.74) is -1.90. The Morgan fingerprint density at radius 3 is 2.73 bits per heavy atom. The monoisotopic (exact) mass is 313 g/mol. The number of pyridine rings is 1. The van der Waals surface area contributed by atoms with E-state index in [4.69, 9.17) is 9.84 Å². The van der Waals surface area contributed by atoms with Crippen molar-refractivity contribution in [2.45, 2.75) is 24.5 Å². The van der Waals surface area contributed by atoms with Crippen LogP contribution in [-0.4, -0.2) is 54.8 Å². The summed E-state index contributed by atoms with van der Waals surface area (Å²) >= 11 is 0. The molecule has 3 rings (SSSR count). The Morgan fingerprint density at radius 2 is 2.09 bits per heavy atom. The lowest BCUT2D eigenvalue weighted by molar-refractivity contribution is -0.0547. The molecule has 10 heteroatoms. The van der Waals surface area contributed by atoms with Gasteiger partial charge in [-0.1, -0.05) is 0 Å². The lowest BCUT2D eigenvalue weighted by Gasteiger charge is -2.17. The summed E-state index contributed by atoms with van der Waals surface area (Å²) in [5.74, 6) is -0.897. The second kappa shape index (κ2) is 5.25. The van der Waals surface area contributed by atoms with E-state index in [1.807, 2.05) is 0 Å². The number of hydrogen-bond donors (Lipinski definition) is 4. The number of aromatic amines is 1. The van der Waals surface area contributed by atoms with Crippen LogP contribution >= 0.6 is 0 Å². The molecule has 0 bridgehead atoms. The number of hydrogen-bond acceptors (Lipinski definition) is 7. The Balaban J connectivity index is 2.14. The molecular formula is C12H12FN3O6. The number of rotatable bonds is 2. The maximum absolute atomic E-state index is 13.8. The minimum Gasteiger partial charge on any atom is -0.394 e. The number of aromatic nitrogens is 3. The van der Waals surface area contributed by atoms with E-state index in [1.165, 1.54) is 0 Å². The second-order valence-corrected chi connectivity index (χ2v) is 4.90. The van der Waals surface area contributed by atoms with Crippen molar-refractivity contribution < 1.29 is 24.4 Å². The molecule has 0 aliphatic carbocycles. The largest absolute Gasteiger partial charge is 0.394 e. The molecule has 1 saturated heterocycles. The fourth-order valence-electron chi connectivity index (χ4n) is 2.38. The van der Waals surface area contributed by atoms with Gasteiger partial charge in [0.05, 0.1) is 12.0 Å². The van der Waals surface area contributed by atoms with Crippen LogP contribution in [0, 0.1) is 5.82 Å². The third kappa shape index (κ3) is 2.22. The van der Waals surface area contributed by atoms with Gasteiger partial charge in [-0.15, -0.1) is 0 Å². The first-order chi connectivity index (χ1) is 10.4. The Labute approximate surface area is 121 Å². The van der Waals surface area contributed by atoms with Gasteiger partial charge >= 0.3 is 5.69 Å². The van der Waals surface area contributed by atoms with E-state index >= 15 is 0 Å². The maximum atomic E-state index is 13.8. The summed E-state index contributed by atoms with van der Waals surface area (Å²) in [7, 11) is 0. The van der Waals surface area contributed by atoms with E-state index < -0.39 is 48.2 Å². The molecule has 0 radical (unpaired) electrons. The minimum atomic E-state index is -1.50. The van der Waals surface area contributed by atoms with Crippen LogP contribution in [0.5, 0.6) is 0 Å². The molecule has 0 aromatic carbocycles. The highest BCUT2D eigenvalue weighted by Gasteiger charge is 2.43. The average Bonchev–Trinajstić information content (AvgIpc) is 2.74. The topological polar surface area (TPSA) is 138 Å². The third-order valence-electron chi connectivity index (χ3n) is 3.50. The number of aliphatic hydroxyl groups excluding tert-OH is 3. The van der Waals surface area contributed by atoms with Gasteiger partial charge in [-0.05, 0) is 0 Å². The predicted molar refractivity (Wildman–Crippen MR) is 69.6 cm³/mol. The SMILES string of the molecule is O=c1cc(F)c2cn([C@@H]3O[C@H](CO)C(O)C3O)c(=O)nc2[nH]1. The first kappa shape index (κ1) is 14.8. The smallest absolute Gasteiger partial charge is 0.351 e. The highest BCUT2D eigenvalue weighted by atomic mass is 19.1. The Kier molecular flexibility index (Phi) is 3.53.